The first kappa shape index (κ1) is 9.50. The Morgan fingerprint density at radius 3 is 3.00 bits per heavy atom. The molecule has 0 saturated heterocycles. The van der Waals surface area contributed by atoms with E-state index in [-0.39, 0.29) is 0 Å². The van der Waals surface area contributed by atoms with Crippen molar-refractivity contribution in [3.8, 4) is 6.01 Å². The van der Waals surface area contributed by atoms with E-state index in [0.717, 1.165) is 6.54 Å². The van der Waals surface area contributed by atoms with Gasteiger partial charge in [-0.2, -0.15) is 4.98 Å². The molecule has 0 radical (unpaired) electrons. The molecule has 7 heteroatoms. The maximum atomic E-state index is 5.76. The lowest BCUT2D eigenvalue weighted by molar-refractivity contribution is -0.364. The van der Waals surface area contributed by atoms with Crippen molar-refractivity contribution in [3.05, 3.63) is 0 Å². The maximum Gasteiger partial charge on any atom is 0.395 e. The number of nitrogens with one attached hydrogen (secondary N) is 3. The molecule has 2 aromatic heterocycles. The third-order valence-electron chi connectivity index (χ3n) is 1.95. The molecule has 0 spiro atoms. The van der Waals surface area contributed by atoms with Crippen LogP contribution in [0.2, 0.25) is 0 Å². The Morgan fingerprint density at radius 2 is 2.33 bits per heavy atom. The van der Waals surface area contributed by atoms with Gasteiger partial charge in [0.2, 0.25) is 5.52 Å². The number of aromatic amines is 2. The molecule has 15 heavy (non-hydrogen) atoms. The number of nitrogen functional groups attached to an aromatic ring is 1. The third-order valence-corrected chi connectivity index (χ3v) is 1.95. The largest absolute Gasteiger partial charge is 0.446 e. The molecule has 0 saturated carbocycles. The summed E-state index contributed by atoms with van der Waals surface area (Å²) in [6, 6.07) is 0.500. The van der Waals surface area contributed by atoms with Gasteiger partial charge < -0.3 is 15.8 Å². The van der Waals surface area contributed by atoms with Crippen LogP contribution in [0.4, 0.5) is 11.8 Å². The van der Waals surface area contributed by atoms with Crippen molar-refractivity contribution >= 4 is 22.9 Å². The van der Waals surface area contributed by atoms with E-state index in [1.165, 1.54) is 0 Å². The number of hydrogen-bond donors (Lipinski definition) is 3. The second kappa shape index (κ2) is 3.60. The molecule has 0 unspecified atom stereocenters. The number of ether oxygens (including phenoxy) is 1. The van der Waals surface area contributed by atoms with Crippen molar-refractivity contribution in [1.29, 1.82) is 0 Å². The fourth-order valence-electron chi connectivity index (χ4n) is 1.28. The number of fused-ring (bicyclic) bond motifs is 1. The van der Waals surface area contributed by atoms with Crippen molar-refractivity contribution in [2.45, 2.75) is 6.92 Å². The molecule has 0 aromatic carbocycles. The van der Waals surface area contributed by atoms with Gasteiger partial charge in [-0.25, -0.2) is 9.97 Å². The summed E-state index contributed by atoms with van der Waals surface area (Å²) in [7, 11) is 1.55. The van der Waals surface area contributed by atoms with Gasteiger partial charge in [0, 0.05) is 6.54 Å². The Balaban J connectivity index is 2.54. The SMILES string of the molecule is CCNc1nc(N)c2[nH]c(OC)[nH+]c2n1. The highest BCUT2D eigenvalue weighted by molar-refractivity contribution is 5.80. The minimum absolute atomic E-state index is 0.385. The summed E-state index contributed by atoms with van der Waals surface area (Å²) in [5.41, 5.74) is 7.02. The Morgan fingerprint density at radius 1 is 1.53 bits per heavy atom. The molecule has 0 atom stereocenters. The first-order valence-corrected chi connectivity index (χ1v) is 4.61. The number of anilines is 2. The van der Waals surface area contributed by atoms with E-state index < -0.39 is 0 Å². The van der Waals surface area contributed by atoms with Gasteiger partial charge in [-0.05, 0) is 6.92 Å². The highest BCUT2D eigenvalue weighted by atomic mass is 16.5. The van der Waals surface area contributed by atoms with Gasteiger partial charge in [-0.1, -0.05) is 4.98 Å². The van der Waals surface area contributed by atoms with Gasteiger partial charge in [0.05, 0.1) is 7.11 Å². The number of rotatable bonds is 3. The third kappa shape index (κ3) is 1.63. The molecule has 0 aliphatic rings. The van der Waals surface area contributed by atoms with E-state index in [1.807, 2.05) is 6.92 Å². The van der Waals surface area contributed by atoms with Crippen LogP contribution in [-0.2, 0) is 0 Å². The molecule has 2 aromatic rings. The standard InChI is InChI=1S/C8H12N6O/c1-3-10-7-12-5(9)4-6(13-7)14-8(11-4)15-2/h3H2,1-2H3,(H4,9,10,11,12,13,14)/p+1. The number of nitrogens with zero attached hydrogens (tertiary/aromatic N) is 2. The van der Waals surface area contributed by atoms with Gasteiger partial charge >= 0.3 is 17.6 Å². The predicted octanol–water partition coefficient (Wildman–Crippen LogP) is -0.205. The molecule has 2 rings (SSSR count). The van der Waals surface area contributed by atoms with Crippen LogP contribution in [0.3, 0.4) is 0 Å². The minimum atomic E-state index is 0.385. The highest BCUT2D eigenvalue weighted by Crippen LogP contribution is 2.16. The summed E-state index contributed by atoms with van der Waals surface area (Å²) in [5, 5.41) is 2.99. The summed E-state index contributed by atoms with van der Waals surface area (Å²) < 4.78 is 5.00. The smallest absolute Gasteiger partial charge is 0.395 e. The molecule has 0 bridgehead atoms. The van der Waals surface area contributed by atoms with Crippen molar-refractivity contribution < 1.29 is 9.72 Å². The van der Waals surface area contributed by atoms with Crippen LogP contribution in [0.1, 0.15) is 6.92 Å². The van der Waals surface area contributed by atoms with Crippen LogP contribution in [0.25, 0.3) is 11.2 Å². The monoisotopic (exact) mass is 209 g/mol. The molecule has 80 valence electrons. The lowest BCUT2D eigenvalue weighted by atomic mass is 10.5. The Bertz CT molecular complexity index is 479. The summed E-state index contributed by atoms with van der Waals surface area (Å²) in [6.07, 6.45) is 0. The first-order valence-electron chi connectivity index (χ1n) is 4.61. The molecular weight excluding hydrogens is 196 g/mol. The van der Waals surface area contributed by atoms with Gasteiger partial charge in [-0.15, -0.1) is 0 Å². The summed E-state index contributed by atoms with van der Waals surface area (Å²) >= 11 is 0. The van der Waals surface area contributed by atoms with Crippen molar-refractivity contribution in [2.24, 2.45) is 0 Å². The fraction of sp³-hybridized carbons (Fsp3) is 0.375. The van der Waals surface area contributed by atoms with Crippen molar-refractivity contribution in [2.75, 3.05) is 24.7 Å². The molecule has 0 amide bonds. The predicted molar refractivity (Wildman–Crippen MR) is 55.6 cm³/mol. The number of nitrogens with two attached hydrogens (primary N) is 1. The number of H-pyrrole nitrogens is 2. The molecule has 5 N–H and O–H groups in total. The van der Waals surface area contributed by atoms with E-state index in [0.29, 0.717) is 28.9 Å². The molecule has 2 heterocycles. The second-order valence-electron chi connectivity index (χ2n) is 2.97. The van der Waals surface area contributed by atoms with Gasteiger partial charge in [0.15, 0.2) is 5.82 Å². The van der Waals surface area contributed by atoms with Gasteiger partial charge in [0.1, 0.15) is 0 Å². The quantitative estimate of drug-likeness (QED) is 0.649. The second-order valence-corrected chi connectivity index (χ2v) is 2.97. The average molecular weight is 209 g/mol. The molecule has 0 fully saturated rings. The van der Waals surface area contributed by atoms with Crippen LogP contribution in [0, 0.1) is 0 Å². The Hall–Kier alpha value is -2.05. The Kier molecular flexibility index (Phi) is 2.28. The zero-order chi connectivity index (χ0) is 10.8. The van der Waals surface area contributed by atoms with E-state index in [4.69, 9.17) is 10.5 Å². The number of aromatic nitrogens is 4. The topological polar surface area (TPSA) is 103 Å². The van der Waals surface area contributed by atoms with Crippen molar-refractivity contribution in [3.63, 3.8) is 0 Å². The zero-order valence-corrected chi connectivity index (χ0v) is 8.59. The van der Waals surface area contributed by atoms with E-state index in [9.17, 15) is 0 Å². The van der Waals surface area contributed by atoms with Crippen LogP contribution >= 0.6 is 0 Å². The van der Waals surface area contributed by atoms with Crippen LogP contribution in [-0.4, -0.2) is 28.6 Å². The molecular formula is C8H13N6O+. The highest BCUT2D eigenvalue weighted by Gasteiger charge is 2.16. The molecule has 0 aliphatic heterocycles. The van der Waals surface area contributed by atoms with Crippen LogP contribution in [0.5, 0.6) is 6.01 Å². The fourth-order valence-corrected chi connectivity index (χ4v) is 1.28. The number of methoxy groups -OCH3 is 1. The summed E-state index contributed by atoms with van der Waals surface area (Å²) in [6.45, 7) is 2.71. The Labute approximate surface area is 86.1 Å². The molecule has 7 nitrogen and oxygen atoms in total. The van der Waals surface area contributed by atoms with Crippen LogP contribution in [0.15, 0.2) is 0 Å². The van der Waals surface area contributed by atoms with Gasteiger partial charge in [-0.3, -0.25) is 0 Å². The molecule has 0 aliphatic carbocycles. The van der Waals surface area contributed by atoms with Crippen LogP contribution < -0.4 is 20.8 Å². The van der Waals surface area contributed by atoms with E-state index in [1.54, 1.807) is 7.11 Å². The summed E-state index contributed by atoms with van der Waals surface area (Å²) in [5.74, 6) is 0.885. The zero-order valence-electron chi connectivity index (χ0n) is 8.59. The normalized spacial score (nSPS) is 10.5. The summed E-state index contributed by atoms with van der Waals surface area (Å²) in [4.78, 5) is 14.2. The van der Waals surface area contributed by atoms with E-state index in [2.05, 4.69) is 25.3 Å². The average Bonchev–Trinajstić information content (AvgIpc) is 2.62. The van der Waals surface area contributed by atoms with E-state index >= 15 is 0 Å². The lowest BCUT2D eigenvalue weighted by Crippen LogP contribution is -2.08. The number of hydrogen-bond acceptors (Lipinski definition) is 5. The lowest BCUT2D eigenvalue weighted by Gasteiger charge is -1.96. The minimum Gasteiger partial charge on any atom is -0.446 e. The first-order chi connectivity index (χ1) is 7.24. The van der Waals surface area contributed by atoms with Gasteiger partial charge in [0.25, 0.3) is 0 Å². The number of imidazole rings is 1. The van der Waals surface area contributed by atoms with Crippen molar-refractivity contribution in [1.82, 2.24) is 15.0 Å². The maximum absolute atomic E-state index is 5.76.